The lowest BCUT2D eigenvalue weighted by Crippen LogP contribution is -2.30. The van der Waals surface area contributed by atoms with Crippen molar-refractivity contribution >= 4 is 28.6 Å². The van der Waals surface area contributed by atoms with Gasteiger partial charge in [-0.2, -0.15) is 12.6 Å². The summed E-state index contributed by atoms with van der Waals surface area (Å²) >= 11 is 8.09. The van der Waals surface area contributed by atoms with Crippen molar-refractivity contribution in [2.75, 3.05) is 19.5 Å². The number of halogens is 1. The highest BCUT2D eigenvalue weighted by Crippen LogP contribution is 2.35. The number of thiol groups is 1. The van der Waals surface area contributed by atoms with E-state index >= 15 is 0 Å². The highest BCUT2D eigenvalue weighted by atomic mass is 79.9. The average molecular weight is 361 g/mol. The van der Waals surface area contributed by atoms with Crippen molar-refractivity contribution in [1.82, 2.24) is 0 Å². The van der Waals surface area contributed by atoms with E-state index in [1.807, 2.05) is 18.2 Å². The van der Waals surface area contributed by atoms with E-state index in [2.05, 4.69) is 42.4 Å². The van der Waals surface area contributed by atoms with Crippen LogP contribution in [0.4, 0.5) is 0 Å². The van der Waals surface area contributed by atoms with Crippen LogP contribution in [0.1, 0.15) is 39.5 Å². The second kappa shape index (κ2) is 8.83. The zero-order chi connectivity index (χ0) is 15.0. The van der Waals surface area contributed by atoms with Crippen LogP contribution in [-0.2, 0) is 0 Å². The fraction of sp³-hybridized carbons (Fsp3) is 0.625. The third kappa shape index (κ3) is 4.88. The number of methoxy groups -OCH3 is 1. The van der Waals surface area contributed by atoms with E-state index in [0.717, 1.165) is 47.4 Å². The molecule has 2 nitrogen and oxygen atoms in total. The molecule has 0 amide bonds. The number of hydrogen-bond acceptors (Lipinski definition) is 3. The van der Waals surface area contributed by atoms with Crippen molar-refractivity contribution in [2.24, 2.45) is 5.41 Å². The average Bonchev–Trinajstić information content (AvgIpc) is 2.46. The van der Waals surface area contributed by atoms with Crippen LogP contribution < -0.4 is 9.47 Å². The van der Waals surface area contributed by atoms with E-state index < -0.39 is 0 Å². The number of benzene rings is 1. The molecule has 0 fully saturated rings. The molecule has 0 saturated heterocycles. The minimum Gasteiger partial charge on any atom is -0.497 e. The van der Waals surface area contributed by atoms with Gasteiger partial charge in [0.1, 0.15) is 11.5 Å². The predicted molar refractivity (Wildman–Crippen MR) is 92.3 cm³/mol. The fourth-order valence-electron chi connectivity index (χ4n) is 2.49. The maximum Gasteiger partial charge on any atom is 0.133 e. The van der Waals surface area contributed by atoms with Crippen LogP contribution in [0.5, 0.6) is 11.5 Å². The summed E-state index contributed by atoms with van der Waals surface area (Å²) in [6.45, 7) is 5.15. The van der Waals surface area contributed by atoms with Crippen LogP contribution in [0.15, 0.2) is 22.7 Å². The van der Waals surface area contributed by atoms with Crippen LogP contribution in [0.25, 0.3) is 0 Å². The Kier molecular flexibility index (Phi) is 7.82. The zero-order valence-electron chi connectivity index (χ0n) is 12.6. The van der Waals surface area contributed by atoms with Gasteiger partial charge in [0.05, 0.1) is 18.2 Å². The van der Waals surface area contributed by atoms with Crippen LogP contribution in [0.3, 0.4) is 0 Å². The van der Waals surface area contributed by atoms with Gasteiger partial charge in [0.15, 0.2) is 0 Å². The molecular formula is C16H25BrO2S. The van der Waals surface area contributed by atoms with E-state index in [9.17, 15) is 0 Å². The molecule has 0 N–H and O–H groups in total. The first-order chi connectivity index (χ1) is 9.60. The van der Waals surface area contributed by atoms with Crippen LogP contribution in [0.2, 0.25) is 0 Å². The Morgan fingerprint density at radius 3 is 2.30 bits per heavy atom. The van der Waals surface area contributed by atoms with Crippen molar-refractivity contribution in [2.45, 2.75) is 39.5 Å². The lowest BCUT2D eigenvalue weighted by molar-refractivity contribution is 0.143. The molecule has 20 heavy (non-hydrogen) atoms. The number of rotatable bonds is 9. The van der Waals surface area contributed by atoms with Gasteiger partial charge in [0, 0.05) is 5.41 Å². The molecule has 0 atom stereocenters. The summed E-state index contributed by atoms with van der Waals surface area (Å²) in [5.41, 5.74) is 0.173. The second-order valence-corrected chi connectivity index (χ2v) is 6.41. The molecule has 114 valence electrons. The Balaban J connectivity index is 2.76. The molecule has 0 aromatic heterocycles. The quantitative estimate of drug-likeness (QED) is 0.598. The Labute approximate surface area is 136 Å². The molecule has 1 aromatic rings. The van der Waals surface area contributed by atoms with Gasteiger partial charge in [0.2, 0.25) is 0 Å². The van der Waals surface area contributed by atoms with Crippen LogP contribution in [-0.4, -0.2) is 19.5 Å². The molecule has 0 spiro atoms. The van der Waals surface area contributed by atoms with Gasteiger partial charge in [-0.1, -0.05) is 26.7 Å². The molecular weight excluding hydrogens is 336 g/mol. The summed E-state index contributed by atoms with van der Waals surface area (Å²) in [6, 6.07) is 5.80. The zero-order valence-corrected chi connectivity index (χ0v) is 15.1. The number of ether oxygens (including phenoxy) is 2. The molecule has 0 bridgehead atoms. The largest absolute Gasteiger partial charge is 0.497 e. The Hall–Kier alpha value is -0.350. The molecule has 0 aliphatic carbocycles. The van der Waals surface area contributed by atoms with Gasteiger partial charge in [-0.25, -0.2) is 0 Å². The summed E-state index contributed by atoms with van der Waals surface area (Å²) in [5.74, 6) is 2.55. The summed E-state index contributed by atoms with van der Waals surface area (Å²) < 4.78 is 12.2. The third-order valence-electron chi connectivity index (χ3n) is 3.57. The maximum atomic E-state index is 6.05. The SMILES string of the molecule is CCCC(CS)(CCC)COc1ccc(OC)cc1Br. The van der Waals surface area contributed by atoms with Crippen molar-refractivity contribution in [3.8, 4) is 11.5 Å². The maximum absolute atomic E-state index is 6.05. The Morgan fingerprint density at radius 1 is 1.20 bits per heavy atom. The van der Waals surface area contributed by atoms with Crippen molar-refractivity contribution in [3.63, 3.8) is 0 Å². The number of hydrogen-bond donors (Lipinski definition) is 1. The van der Waals surface area contributed by atoms with Crippen LogP contribution in [0, 0.1) is 5.41 Å². The minimum absolute atomic E-state index is 0.173. The molecule has 0 aliphatic rings. The molecule has 0 aliphatic heterocycles. The van der Waals surface area contributed by atoms with E-state index in [1.165, 1.54) is 0 Å². The summed E-state index contributed by atoms with van der Waals surface area (Å²) in [7, 11) is 1.66. The molecule has 0 radical (unpaired) electrons. The van der Waals surface area contributed by atoms with Crippen LogP contribution >= 0.6 is 28.6 Å². The van der Waals surface area contributed by atoms with Crippen molar-refractivity contribution in [1.29, 1.82) is 0 Å². The van der Waals surface area contributed by atoms with E-state index in [4.69, 9.17) is 9.47 Å². The highest BCUT2D eigenvalue weighted by molar-refractivity contribution is 9.10. The first kappa shape index (κ1) is 17.7. The van der Waals surface area contributed by atoms with E-state index in [-0.39, 0.29) is 5.41 Å². The van der Waals surface area contributed by atoms with Gasteiger partial charge in [-0.15, -0.1) is 0 Å². The molecule has 1 rings (SSSR count). The first-order valence-corrected chi connectivity index (χ1v) is 8.60. The van der Waals surface area contributed by atoms with Gasteiger partial charge >= 0.3 is 0 Å². The topological polar surface area (TPSA) is 18.5 Å². The molecule has 0 heterocycles. The predicted octanol–water partition coefficient (Wildman–Crippen LogP) is 5.35. The van der Waals surface area contributed by atoms with E-state index in [1.54, 1.807) is 7.11 Å². The second-order valence-electron chi connectivity index (χ2n) is 5.24. The lowest BCUT2D eigenvalue weighted by Gasteiger charge is -2.32. The molecule has 4 heteroatoms. The molecule has 1 aromatic carbocycles. The monoisotopic (exact) mass is 360 g/mol. The summed E-state index contributed by atoms with van der Waals surface area (Å²) in [5, 5.41) is 0. The standard InChI is InChI=1S/C16H25BrO2S/c1-4-8-16(12-20,9-5-2)11-19-15-7-6-13(18-3)10-14(15)17/h6-7,10,20H,4-5,8-9,11-12H2,1-3H3. The Bertz CT molecular complexity index is 403. The smallest absolute Gasteiger partial charge is 0.133 e. The highest BCUT2D eigenvalue weighted by Gasteiger charge is 2.28. The lowest BCUT2D eigenvalue weighted by atomic mass is 9.82. The molecule has 0 saturated carbocycles. The summed E-state index contributed by atoms with van der Waals surface area (Å²) in [6.07, 6.45) is 4.62. The Morgan fingerprint density at radius 2 is 1.85 bits per heavy atom. The van der Waals surface area contributed by atoms with Gasteiger partial charge in [-0.3, -0.25) is 0 Å². The summed E-state index contributed by atoms with van der Waals surface area (Å²) in [4.78, 5) is 0. The third-order valence-corrected chi connectivity index (χ3v) is 4.86. The normalized spacial score (nSPS) is 11.4. The van der Waals surface area contributed by atoms with Gasteiger partial charge in [-0.05, 0) is 52.7 Å². The van der Waals surface area contributed by atoms with Gasteiger partial charge < -0.3 is 9.47 Å². The van der Waals surface area contributed by atoms with E-state index in [0.29, 0.717) is 6.61 Å². The van der Waals surface area contributed by atoms with Gasteiger partial charge in [0.25, 0.3) is 0 Å². The fourth-order valence-corrected chi connectivity index (χ4v) is 3.37. The molecule has 0 unspecified atom stereocenters. The first-order valence-electron chi connectivity index (χ1n) is 7.18. The van der Waals surface area contributed by atoms with Crippen molar-refractivity contribution in [3.05, 3.63) is 22.7 Å². The minimum atomic E-state index is 0.173. The van der Waals surface area contributed by atoms with Crippen molar-refractivity contribution < 1.29 is 9.47 Å².